The number of methoxy groups -OCH3 is 2. The molecule has 2 aromatic rings. The predicted molar refractivity (Wildman–Crippen MR) is 127 cm³/mol. The second-order valence-electron chi connectivity index (χ2n) is 8.77. The maximum absolute atomic E-state index is 13.0. The summed E-state index contributed by atoms with van der Waals surface area (Å²) in [6.45, 7) is 0.0583. The van der Waals surface area contributed by atoms with E-state index in [2.05, 4.69) is 25.5 Å². The molecule has 13 heteroatoms. The first-order valence-corrected chi connectivity index (χ1v) is 13.0. The molecule has 2 fully saturated rings. The molecule has 0 amide bonds. The van der Waals surface area contributed by atoms with Crippen LogP contribution in [0.1, 0.15) is 37.8 Å². The van der Waals surface area contributed by atoms with Crippen molar-refractivity contribution in [2.24, 2.45) is 0 Å². The Morgan fingerprint density at radius 3 is 2.56 bits per heavy atom. The first kappa shape index (κ1) is 24.6. The van der Waals surface area contributed by atoms with E-state index < -0.39 is 10.0 Å². The normalized spacial score (nSPS) is 23.0. The Bertz CT molecular complexity index is 1070. The van der Waals surface area contributed by atoms with Crippen LogP contribution in [0.25, 0.3) is 0 Å². The van der Waals surface area contributed by atoms with Crippen LogP contribution in [0.4, 0.5) is 17.6 Å². The molecule has 2 aliphatic heterocycles. The van der Waals surface area contributed by atoms with Gasteiger partial charge in [-0.1, -0.05) is 6.42 Å². The number of aromatic nitrogens is 4. The molecule has 0 saturated carbocycles. The van der Waals surface area contributed by atoms with Crippen LogP contribution in [-0.4, -0.2) is 89.7 Å². The average molecular weight is 496 g/mol. The molecule has 2 bridgehead atoms. The molecule has 1 unspecified atom stereocenters. The van der Waals surface area contributed by atoms with Crippen LogP contribution in [0.15, 0.2) is 12.1 Å². The van der Waals surface area contributed by atoms with Crippen molar-refractivity contribution in [2.45, 2.75) is 56.8 Å². The Kier molecular flexibility index (Phi) is 7.55. The molecular weight excluding hydrogens is 462 g/mol. The molecule has 2 aromatic heterocycles. The first-order valence-electron chi connectivity index (χ1n) is 11.4. The standard InChI is InChI=1S/C21H33N7O5S/c1-27(17-10-15-5-4-6-16(11-17)28(15)34(30,31)8-7-32-2)21-23-18(12-20(24-21)33-3)22-19-9-14(13-29)25-26-19/h9,12,15-17,29H,4-8,10-11,13H2,1-3H3,(H2,22,23,24,25,26)/t15-,16+,17?. The van der Waals surface area contributed by atoms with Crippen molar-refractivity contribution in [1.29, 1.82) is 0 Å². The van der Waals surface area contributed by atoms with E-state index in [-0.39, 0.29) is 37.1 Å². The van der Waals surface area contributed by atoms with Gasteiger partial charge in [0, 0.05) is 44.4 Å². The number of nitrogens with one attached hydrogen (secondary N) is 2. The van der Waals surface area contributed by atoms with Gasteiger partial charge in [0.25, 0.3) is 0 Å². The maximum Gasteiger partial charge on any atom is 0.230 e. The van der Waals surface area contributed by atoms with Crippen molar-refractivity contribution in [3.63, 3.8) is 0 Å². The fraction of sp³-hybridized carbons (Fsp3) is 0.667. The number of nitrogens with zero attached hydrogens (tertiary/aromatic N) is 5. The molecule has 0 spiro atoms. The second kappa shape index (κ2) is 10.4. The lowest BCUT2D eigenvalue weighted by Gasteiger charge is -2.49. The van der Waals surface area contributed by atoms with Gasteiger partial charge in [0.2, 0.25) is 21.9 Å². The molecule has 3 atom stereocenters. The van der Waals surface area contributed by atoms with E-state index in [0.29, 0.717) is 42.0 Å². The van der Waals surface area contributed by atoms with Gasteiger partial charge in [-0.15, -0.1) is 0 Å². The van der Waals surface area contributed by atoms with Crippen molar-refractivity contribution in [3.05, 3.63) is 17.8 Å². The maximum atomic E-state index is 13.0. The number of hydrogen-bond donors (Lipinski definition) is 3. The van der Waals surface area contributed by atoms with Crippen molar-refractivity contribution in [2.75, 3.05) is 43.8 Å². The van der Waals surface area contributed by atoms with Gasteiger partial charge in [-0.3, -0.25) is 5.10 Å². The molecule has 0 aliphatic carbocycles. The van der Waals surface area contributed by atoms with Gasteiger partial charge < -0.3 is 24.8 Å². The van der Waals surface area contributed by atoms with Gasteiger partial charge in [-0.2, -0.15) is 19.4 Å². The zero-order valence-corrected chi connectivity index (χ0v) is 20.6. The summed E-state index contributed by atoms with van der Waals surface area (Å²) in [5, 5.41) is 19.2. The molecule has 2 saturated heterocycles. The van der Waals surface area contributed by atoms with Crippen LogP contribution in [0.2, 0.25) is 0 Å². The third-order valence-electron chi connectivity index (χ3n) is 6.57. The van der Waals surface area contributed by atoms with Gasteiger partial charge in [0.05, 0.1) is 31.8 Å². The molecule has 12 nitrogen and oxygen atoms in total. The van der Waals surface area contributed by atoms with E-state index in [9.17, 15) is 13.5 Å². The zero-order chi connectivity index (χ0) is 24.3. The number of piperidine rings is 2. The highest BCUT2D eigenvalue weighted by atomic mass is 32.2. The van der Waals surface area contributed by atoms with Gasteiger partial charge >= 0.3 is 0 Å². The van der Waals surface area contributed by atoms with Crippen molar-refractivity contribution in [3.8, 4) is 5.88 Å². The lowest BCUT2D eigenvalue weighted by atomic mass is 9.83. The summed E-state index contributed by atoms with van der Waals surface area (Å²) in [5.41, 5.74) is 0.583. The third kappa shape index (κ3) is 5.27. The van der Waals surface area contributed by atoms with E-state index in [1.165, 1.54) is 7.11 Å². The van der Waals surface area contributed by atoms with Gasteiger partial charge in [0.15, 0.2) is 5.82 Å². The number of aliphatic hydroxyl groups is 1. The Balaban J connectivity index is 1.53. The van der Waals surface area contributed by atoms with Crippen molar-refractivity contribution < 1.29 is 23.0 Å². The molecule has 0 aromatic carbocycles. The smallest absolute Gasteiger partial charge is 0.230 e. The second-order valence-corrected chi connectivity index (χ2v) is 10.8. The highest BCUT2D eigenvalue weighted by Crippen LogP contribution is 2.38. The Morgan fingerprint density at radius 2 is 1.94 bits per heavy atom. The number of hydrogen-bond acceptors (Lipinski definition) is 10. The minimum absolute atomic E-state index is 0.0101. The summed E-state index contributed by atoms with van der Waals surface area (Å²) < 4.78 is 38.1. The van der Waals surface area contributed by atoms with E-state index in [1.807, 2.05) is 11.9 Å². The molecule has 3 N–H and O–H groups in total. The first-order chi connectivity index (χ1) is 16.3. The molecule has 0 radical (unpaired) electrons. The quantitative estimate of drug-likeness (QED) is 0.440. The molecule has 2 aliphatic rings. The lowest BCUT2D eigenvalue weighted by Crippen LogP contribution is -2.59. The lowest BCUT2D eigenvalue weighted by molar-refractivity contribution is 0.108. The largest absolute Gasteiger partial charge is 0.481 e. The average Bonchev–Trinajstić information content (AvgIpc) is 3.28. The van der Waals surface area contributed by atoms with E-state index >= 15 is 0 Å². The topological polar surface area (TPSA) is 146 Å². The van der Waals surface area contributed by atoms with Crippen LogP contribution in [0, 0.1) is 0 Å². The van der Waals surface area contributed by atoms with Gasteiger partial charge in [-0.05, 0) is 25.7 Å². The number of aliphatic hydroxyl groups excluding tert-OH is 1. The van der Waals surface area contributed by atoms with E-state index in [4.69, 9.17) is 9.47 Å². The van der Waals surface area contributed by atoms with E-state index in [0.717, 1.165) is 19.3 Å². The summed E-state index contributed by atoms with van der Waals surface area (Å²) in [5.74, 6) is 1.92. The summed E-state index contributed by atoms with van der Waals surface area (Å²) in [4.78, 5) is 11.2. The summed E-state index contributed by atoms with van der Waals surface area (Å²) in [6, 6.07) is 3.39. The fourth-order valence-electron chi connectivity index (χ4n) is 4.91. The number of ether oxygens (including phenoxy) is 2. The zero-order valence-electron chi connectivity index (χ0n) is 19.8. The molecular formula is C21H33N7O5S. The van der Waals surface area contributed by atoms with Gasteiger partial charge in [0.1, 0.15) is 5.82 Å². The summed E-state index contributed by atoms with van der Waals surface area (Å²) >= 11 is 0. The van der Waals surface area contributed by atoms with Crippen LogP contribution < -0.4 is 15.0 Å². The fourth-order valence-corrected chi connectivity index (χ4v) is 6.79. The molecule has 4 rings (SSSR count). The van der Waals surface area contributed by atoms with Crippen LogP contribution in [-0.2, 0) is 21.4 Å². The SMILES string of the molecule is COCCS(=O)(=O)N1[C@@H]2CCC[C@H]1CC(N(C)c1nc(Nc3cc(CO)[nH]n3)cc(OC)n1)C2. The molecule has 4 heterocycles. The minimum atomic E-state index is -3.37. The van der Waals surface area contributed by atoms with E-state index in [1.54, 1.807) is 23.5 Å². The third-order valence-corrected chi connectivity index (χ3v) is 8.49. The van der Waals surface area contributed by atoms with Crippen LogP contribution in [0.3, 0.4) is 0 Å². The van der Waals surface area contributed by atoms with Crippen LogP contribution in [0.5, 0.6) is 5.88 Å². The number of fused-ring (bicyclic) bond motifs is 2. The molecule has 34 heavy (non-hydrogen) atoms. The van der Waals surface area contributed by atoms with Crippen LogP contribution >= 0.6 is 0 Å². The van der Waals surface area contributed by atoms with Gasteiger partial charge in [-0.25, -0.2) is 8.42 Å². The number of rotatable bonds is 10. The summed E-state index contributed by atoms with van der Waals surface area (Å²) in [7, 11) is 1.63. The number of anilines is 3. The van der Waals surface area contributed by atoms with Crippen molar-refractivity contribution in [1.82, 2.24) is 24.5 Å². The minimum Gasteiger partial charge on any atom is -0.481 e. The number of H-pyrrole nitrogens is 1. The number of aromatic amines is 1. The Morgan fingerprint density at radius 1 is 1.21 bits per heavy atom. The van der Waals surface area contributed by atoms with Crippen molar-refractivity contribution >= 4 is 27.6 Å². The predicted octanol–water partition coefficient (Wildman–Crippen LogP) is 1.24. The molecule has 188 valence electrons. The highest BCUT2D eigenvalue weighted by molar-refractivity contribution is 7.89. The number of sulfonamides is 1. The summed E-state index contributed by atoms with van der Waals surface area (Å²) in [6.07, 6.45) is 4.16. The Hall–Kier alpha value is -2.48. The highest BCUT2D eigenvalue weighted by Gasteiger charge is 2.45. The Labute approximate surface area is 199 Å². The monoisotopic (exact) mass is 495 g/mol.